The lowest BCUT2D eigenvalue weighted by molar-refractivity contribution is -0.143. The Morgan fingerprint density at radius 2 is 1.88 bits per heavy atom. The highest BCUT2D eigenvalue weighted by Crippen LogP contribution is 2.25. The minimum atomic E-state index is -0.750. The summed E-state index contributed by atoms with van der Waals surface area (Å²) in [6.07, 6.45) is 3.18. The van der Waals surface area contributed by atoms with Crippen LogP contribution in [0.25, 0.3) is 5.69 Å². The van der Waals surface area contributed by atoms with E-state index in [2.05, 4.69) is 10.6 Å². The third-order valence-electron chi connectivity index (χ3n) is 4.92. The number of pyridine rings is 1. The van der Waals surface area contributed by atoms with Crippen molar-refractivity contribution >= 4 is 17.7 Å². The van der Waals surface area contributed by atoms with Crippen LogP contribution in [0.15, 0.2) is 59.7 Å². The summed E-state index contributed by atoms with van der Waals surface area (Å²) < 4.78 is 8.19. The molecule has 2 aromatic heterocycles. The van der Waals surface area contributed by atoms with Gasteiger partial charge in [0.05, 0.1) is 19.1 Å². The Bertz CT molecular complexity index is 1170. The number of nitrogens with zero attached hydrogens (tertiary/aromatic N) is 2. The van der Waals surface area contributed by atoms with E-state index < -0.39 is 23.6 Å². The first-order valence-electron chi connectivity index (χ1n) is 10.2. The number of carbonyl (C=O) groups excluding carboxylic acids is 2. The summed E-state index contributed by atoms with van der Waals surface area (Å²) in [6.45, 7) is 3.54. The van der Waals surface area contributed by atoms with E-state index in [0.717, 1.165) is 5.69 Å². The van der Waals surface area contributed by atoms with E-state index in [4.69, 9.17) is 4.74 Å². The number of aryl methyl sites for hydroxylation is 2. The number of aromatic hydroxyl groups is 1. The highest BCUT2D eigenvalue weighted by atomic mass is 16.5. The fourth-order valence-corrected chi connectivity index (χ4v) is 3.42. The lowest BCUT2D eigenvalue weighted by atomic mass is 10.1. The monoisotopic (exact) mass is 438 g/mol. The molecule has 0 bridgehead atoms. The molecule has 0 radical (unpaired) electrons. The molecule has 1 aromatic carbocycles. The molecular weight excluding hydrogens is 412 g/mol. The maximum absolute atomic E-state index is 12.8. The Morgan fingerprint density at radius 1 is 1.16 bits per heavy atom. The van der Waals surface area contributed by atoms with Gasteiger partial charge in [-0.1, -0.05) is 18.2 Å². The van der Waals surface area contributed by atoms with Crippen LogP contribution in [0.4, 0.5) is 10.5 Å². The third-order valence-corrected chi connectivity index (χ3v) is 4.92. The molecule has 3 N–H and O–H groups in total. The first-order chi connectivity index (χ1) is 15.3. The van der Waals surface area contributed by atoms with E-state index in [9.17, 15) is 19.5 Å². The van der Waals surface area contributed by atoms with E-state index in [1.54, 1.807) is 19.9 Å². The summed E-state index contributed by atoms with van der Waals surface area (Å²) in [5, 5.41) is 15.4. The fraction of sp³-hybridized carbons (Fsp3) is 0.261. The van der Waals surface area contributed by atoms with Crippen LogP contribution in [0.3, 0.4) is 0 Å². The summed E-state index contributed by atoms with van der Waals surface area (Å²) in [5.74, 6) is -0.786. The summed E-state index contributed by atoms with van der Waals surface area (Å²) in [7, 11) is 1.52. The van der Waals surface area contributed by atoms with Gasteiger partial charge in [0.2, 0.25) is 0 Å². The number of esters is 1. The number of amides is 2. The predicted octanol–water partition coefficient (Wildman–Crippen LogP) is 3.01. The van der Waals surface area contributed by atoms with E-state index in [1.807, 2.05) is 47.2 Å². The topological polar surface area (TPSA) is 115 Å². The average Bonchev–Trinajstić information content (AvgIpc) is 3.26. The lowest BCUT2D eigenvalue weighted by Gasteiger charge is -2.21. The molecule has 0 saturated carbocycles. The summed E-state index contributed by atoms with van der Waals surface area (Å²) >= 11 is 0. The van der Waals surface area contributed by atoms with Crippen molar-refractivity contribution in [3.05, 3.63) is 76.5 Å². The molecule has 2 amide bonds. The van der Waals surface area contributed by atoms with Crippen molar-refractivity contribution in [1.29, 1.82) is 0 Å². The first-order valence-corrected chi connectivity index (χ1v) is 10.2. The fourth-order valence-electron chi connectivity index (χ4n) is 3.42. The minimum absolute atomic E-state index is 0.115. The molecule has 0 spiro atoms. The molecule has 9 heteroatoms. The zero-order valence-electron chi connectivity index (χ0n) is 18.2. The molecule has 2 heterocycles. The van der Waals surface area contributed by atoms with Crippen LogP contribution in [0.2, 0.25) is 0 Å². The van der Waals surface area contributed by atoms with Crippen molar-refractivity contribution in [3.8, 4) is 11.4 Å². The number of benzene rings is 1. The summed E-state index contributed by atoms with van der Waals surface area (Å²) in [4.78, 5) is 37.4. The second kappa shape index (κ2) is 9.86. The molecule has 3 aromatic rings. The maximum Gasteiger partial charge on any atom is 0.320 e. The van der Waals surface area contributed by atoms with Gasteiger partial charge in [-0.2, -0.15) is 0 Å². The Labute approximate surface area is 185 Å². The van der Waals surface area contributed by atoms with Crippen molar-refractivity contribution in [1.82, 2.24) is 14.5 Å². The lowest BCUT2D eigenvalue weighted by Crippen LogP contribution is -2.37. The van der Waals surface area contributed by atoms with Gasteiger partial charge in [0.25, 0.3) is 5.56 Å². The van der Waals surface area contributed by atoms with Gasteiger partial charge in [0.15, 0.2) is 5.69 Å². The van der Waals surface area contributed by atoms with Gasteiger partial charge in [-0.05, 0) is 38.1 Å². The highest BCUT2D eigenvalue weighted by molar-refractivity contribution is 5.91. The summed E-state index contributed by atoms with van der Waals surface area (Å²) in [6, 6.07) is 11.6. The van der Waals surface area contributed by atoms with Gasteiger partial charge in [0, 0.05) is 36.4 Å². The van der Waals surface area contributed by atoms with Crippen LogP contribution < -0.4 is 16.2 Å². The van der Waals surface area contributed by atoms with Crippen molar-refractivity contribution in [2.75, 3.05) is 11.9 Å². The Morgan fingerprint density at radius 3 is 2.56 bits per heavy atom. The Kier molecular flexibility index (Phi) is 6.99. The van der Waals surface area contributed by atoms with E-state index in [0.29, 0.717) is 11.3 Å². The number of anilines is 1. The Balaban J connectivity index is 1.90. The second-order valence-electron chi connectivity index (χ2n) is 7.25. The molecule has 1 unspecified atom stereocenters. The van der Waals surface area contributed by atoms with Crippen molar-refractivity contribution < 1.29 is 19.4 Å². The zero-order valence-corrected chi connectivity index (χ0v) is 18.2. The van der Waals surface area contributed by atoms with Gasteiger partial charge in [-0.15, -0.1) is 0 Å². The number of para-hydroxylation sites is 1. The molecule has 168 valence electrons. The predicted molar refractivity (Wildman–Crippen MR) is 120 cm³/mol. The molecule has 1 atom stereocenters. The molecule has 3 rings (SSSR count). The van der Waals surface area contributed by atoms with Crippen LogP contribution in [-0.4, -0.2) is 32.8 Å². The van der Waals surface area contributed by atoms with Gasteiger partial charge in [-0.3, -0.25) is 9.59 Å². The zero-order chi connectivity index (χ0) is 23.3. The number of rotatable bonds is 7. The largest absolute Gasteiger partial charge is 0.505 e. The van der Waals surface area contributed by atoms with Gasteiger partial charge in [-0.25, -0.2) is 4.79 Å². The molecule has 0 aliphatic rings. The maximum atomic E-state index is 12.8. The number of carbonyl (C=O) groups is 2. The number of aromatic nitrogens is 2. The number of urea groups is 1. The van der Waals surface area contributed by atoms with Crippen molar-refractivity contribution in [2.45, 2.75) is 26.3 Å². The van der Waals surface area contributed by atoms with Crippen LogP contribution in [0.1, 0.15) is 30.6 Å². The summed E-state index contributed by atoms with van der Waals surface area (Å²) in [5.41, 5.74) is 1.15. The van der Waals surface area contributed by atoms with Gasteiger partial charge < -0.3 is 29.6 Å². The molecule has 0 aliphatic carbocycles. The average molecular weight is 438 g/mol. The number of hydrogen-bond acceptors (Lipinski definition) is 5. The van der Waals surface area contributed by atoms with Crippen LogP contribution in [0.5, 0.6) is 5.75 Å². The number of nitrogens with one attached hydrogen (secondary N) is 2. The SMILES string of the molecule is CCOC(=O)CC(NC(=O)Nc1c(O)c(C)cn(C)c1=O)c1cccn1-c1ccccc1. The van der Waals surface area contributed by atoms with Crippen LogP contribution in [0, 0.1) is 6.92 Å². The van der Waals surface area contributed by atoms with Gasteiger partial charge >= 0.3 is 12.0 Å². The smallest absolute Gasteiger partial charge is 0.320 e. The second-order valence-corrected chi connectivity index (χ2v) is 7.25. The molecule has 9 nitrogen and oxygen atoms in total. The van der Waals surface area contributed by atoms with Crippen LogP contribution >= 0.6 is 0 Å². The normalized spacial score (nSPS) is 11.6. The molecule has 0 aliphatic heterocycles. The molecule has 32 heavy (non-hydrogen) atoms. The Hall–Kier alpha value is -4.01. The minimum Gasteiger partial charge on any atom is -0.505 e. The standard InChI is InChI=1S/C23H26N4O5/c1-4-32-19(28)13-17(18-11-8-12-27(18)16-9-6-5-7-10-16)24-23(31)25-20-21(29)15(2)14-26(3)22(20)30/h5-12,14,17,29H,4,13H2,1-3H3,(H2,24,25,31). The van der Waals surface area contributed by atoms with E-state index in [1.165, 1.54) is 17.8 Å². The van der Waals surface area contributed by atoms with Crippen LogP contribution in [-0.2, 0) is 16.6 Å². The molecule has 0 fully saturated rings. The van der Waals surface area contributed by atoms with Crippen molar-refractivity contribution in [2.24, 2.45) is 7.05 Å². The molecule has 0 saturated heterocycles. The number of ether oxygens (including phenoxy) is 1. The third kappa shape index (κ3) is 5.00. The van der Waals surface area contributed by atoms with Gasteiger partial charge in [0.1, 0.15) is 5.75 Å². The van der Waals surface area contributed by atoms with E-state index >= 15 is 0 Å². The quantitative estimate of drug-likeness (QED) is 0.491. The highest BCUT2D eigenvalue weighted by Gasteiger charge is 2.24. The number of hydrogen-bond donors (Lipinski definition) is 3. The van der Waals surface area contributed by atoms with Crippen molar-refractivity contribution in [3.63, 3.8) is 0 Å². The van der Waals surface area contributed by atoms with E-state index in [-0.39, 0.29) is 24.5 Å². The first kappa shape index (κ1) is 22.7. The molecular formula is C23H26N4O5.